The molecule has 1 N–H and O–H groups in total. The van der Waals surface area contributed by atoms with Crippen LogP contribution < -0.4 is 10.1 Å². The minimum atomic E-state index is 0.714. The second kappa shape index (κ2) is 6.33. The number of rotatable bonds is 6. The van der Waals surface area contributed by atoms with Gasteiger partial charge in [-0.05, 0) is 38.0 Å². The fourth-order valence-electron chi connectivity index (χ4n) is 1.46. The molecular weight excluding hydrogens is 186 g/mol. The molecule has 0 aromatic heterocycles. The van der Waals surface area contributed by atoms with Crippen LogP contribution in [0.1, 0.15) is 32.3 Å². The first-order valence-corrected chi connectivity index (χ1v) is 5.75. The second-order valence-electron chi connectivity index (χ2n) is 3.71. The van der Waals surface area contributed by atoms with Crippen molar-refractivity contribution in [3.8, 4) is 5.75 Å². The minimum Gasteiger partial charge on any atom is -0.492 e. The summed E-state index contributed by atoms with van der Waals surface area (Å²) in [5.41, 5.74) is 2.38. The van der Waals surface area contributed by atoms with Gasteiger partial charge in [-0.2, -0.15) is 0 Å². The van der Waals surface area contributed by atoms with Crippen LogP contribution in [0.5, 0.6) is 5.75 Å². The van der Waals surface area contributed by atoms with Crippen LogP contribution >= 0.6 is 0 Å². The molecule has 0 atom stereocenters. The molecule has 0 spiro atoms. The molecule has 0 saturated carbocycles. The molecule has 2 heteroatoms. The smallest absolute Gasteiger partial charge is 0.142 e. The molecule has 15 heavy (non-hydrogen) atoms. The number of aryl methyl sites for hydroxylation is 1. The number of hydrogen-bond donors (Lipinski definition) is 1. The standard InChI is InChI=1S/C13H21NO/c1-4-6-9-14-12-10-11(3)7-8-13(12)15-5-2/h7-8,10,14H,4-6,9H2,1-3H3. The third-order valence-corrected chi connectivity index (χ3v) is 2.28. The van der Waals surface area contributed by atoms with E-state index >= 15 is 0 Å². The molecule has 0 saturated heterocycles. The average molecular weight is 207 g/mol. The molecule has 1 rings (SSSR count). The number of hydrogen-bond acceptors (Lipinski definition) is 2. The van der Waals surface area contributed by atoms with Crippen molar-refractivity contribution in [1.82, 2.24) is 0 Å². The summed E-state index contributed by atoms with van der Waals surface area (Å²) < 4.78 is 5.56. The lowest BCUT2D eigenvalue weighted by Crippen LogP contribution is -2.04. The molecule has 0 amide bonds. The zero-order valence-corrected chi connectivity index (χ0v) is 9.97. The maximum absolute atomic E-state index is 5.56. The van der Waals surface area contributed by atoms with Crippen molar-refractivity contribution < 1.29 is 4.74 Å². The zero-order chi connectivity index (χ0) is 11.1. The Morgan fingerprint density at radius 2 is 2.07 bits per heavy atom. The molecule has 0 bridgehead atoms. The highest BCUT2D eigenvalue weighted by molar-refractivity contribution is 5.57. The van der Waals surface area contributed by atoms with E-state index in [1.54, 1.807) is 0 Å². The van der Waals surface area contributed by atoms with E-state index in [1.807, 2.05) is 13.0 Å². The monoisotopic (exact) mass is 207 g/mol. The molecule has 1 aromatic rings. The van der Waals surface area contributed by atoms with Crippen LogP contribution in [0, 0.1) is 6.92 Å². The van der Waals surface area contributed by atoms with Crippen LogP contribution in [0.2, 0.25) is 0 Å². The van der Waals surface area contributed by atoms with E-state index in [2.05, 4.69) is 31.3 Å². The van der Waals surface area contributed by atoms with Crippen molar-refractivity contribution in [3.63, 3.8) is 0 Å². The Hall–Kier alpha value is -1.18. The molecule has 1 aromatic carbocycles. The number of unbranched alkanes of at least 4 members (excludes halogenated alkanes) is 1. The van der Waals surface area contributed by atoms with Crippen molar-refractivity contribution in [1.29, 1.82) is 0 Å². The van der Waals surface area contributed by atoms with E-state index in [-0.39, 0.29) is 0 Å². The SMILES string of the molecule is CCCCNc1cc(C)ccc1OCC. The summed E-state index contributed by atoms with van der Waals surface area (Å²) in [7, 11) is 0. The van der Waals surface area contributed by atoms with E-state index in [4.69, 9.17) is 4.74 Å². The number of anilines is 1. The largest absolute Gasteiger partial charge is 0.492 e. The predicted molar refractivity (Wildman–Crippen MR) is 65.7 cm³/mol. The lowest BCUT2D eigenvalue weighted by molar-refractivity contribution is 0.341. The molecule has 0 fully saturated rings. The summed E-state index contributed by atoms with van der Waals surface area (Å²) in [4.78, 5) is 0. The summed E-state index contributed by atoms with van der Waals surface area (Å²) in [6.45, 7) is 8.03. The number of benzene rings is 1. The Labute approximate surface area is 92.6 Å². The van der Waals surface area contributed by atoms with E-state index in [0.717, 1.165) is 18.0 Å². The molecule has 0 heterocycles. The van der Waals surface area contributed by atoms with Crippen molar-refractivity contribution in [3.05, 3.63) is 23.8 Å². The lowest BCUT2D eigenvalue weighted by atomic mass is 10.2. The van der Waals surface area contributed by atoms with Crippen molar-refractivity contribution >= 4 is 5.69 Å². The van der Waals surface area contributed by atoms with Crippen LogP contribution in [0.25, 0.3) is 0 Å². The Morgan fingerprint density at radius 3 is 2.73 bits per heavy atom. The van der Waals surface area contributed by atoms with E-state index in [1.165, 1.54) is 18.4 Å². The topological polar surface area (TPSA) is 21.3 Å². The van der Waals surface area contributed by atoms with Gasteiger partial charge >= 0.3 is 0 Å². The quantitative estimate of drug-likeness (QED) is 0.719. The van der Waals surface area contributed by atoms with Gasteiger partial charge in [0.15, 0.2) is 0 Å². The number of nitrogens with one attached hydrogen (secondary N) is 1. The van der Waals surface area contributed by atoms with Crippen molar-refractivity contribution in [2.24, 2.45) is 0 Å². The van der Waals surface area contributed by atoms with Gasteiger partial charge in [0.25, 0.3) is 0 Å². The van der Waals surface area contributed by atoms with Crippen LogP contribution in [0.15, 0.2) is 18.2 Å². The maximum Gasteiger partial charge on any atom is 0.142 e. The number of ether oxygens (including phenoxy) is 1. The van der Waals surface area contributed by atoms with Gasteiger partial charge in [-0.25, -0.2) is 0 Å². The lowest BCUT2D eigenvalue weighted by Gasteiger charge is -2.12. The molecule has 0 aliphatic rings. The third kappa shape index (κ3) is 3.82. The van der Waals surface area contributed by atoms with Crippen LogP contribution in [0.3, 0.4) is 0 Å². The Bertz CT molecular complexity index is 297. The molecule has 0 aliphatic carbocycles. The average Bonchev–Trinajstić information content (AvgIpc) is 2.22. The fourth-order valence-corrected chi connectivity index (χ4v) is 1.46. The van der Waals surface area contributed by atoms with Crippen LogP contribution in [-0.4, -0.2) is 13.2 Å². The first kappa shape index (κ1) is 11.9. The normalized spacial score (nSPS) is 10.1. The maximum atomic E-state index is 5.56. The van der Waals surface area contributed by atoms with Crippen molar-refractivity contribution in [2.75, 3.05) is 18.5 Å². The first-order valence-electron chi connectivity index (χ1n) is 5.75. The van der Waals surface area contributed by atoms with Crippen LogP contribution in [-0.2, 0) is 0 Å². The molecular formula is C13H21NO. The first-order chi connectivity index (χ1) is 7.27. The fraction of sp³-hybridized carbons (Fsp3) is 0.538. The van der Waals surface area contributed by atoms with Crippen molar-refractivity contribution in [2.45, 2.75) is 33.6 Å². The zero-order valence-electron chi connectivity index (χ0n) is 9.97. The molecule has 0 unspecified atom stereocenters. The Balaban J connectivity index is 2.68. The van der Waals surface area contributed by atoms with Gasteiger partial charge in [0.1, 0.15) is 5.75 Å². The van der Waals surface area contributed by atoms with Gasteiger partial charge in [0.2, 0.25) is 0 Å². The van der Waals surface area contributed by atoms with Gasteiger partial charge in [-0.3, -0.25) is 0 Å². The van der Waals surface area contributed by atoms with Gasteiger partial charge in [-0.15, -0.1) is 0 Å². The summed E-state index contributed by atoms with van der Waals surface area (Å²) in [6.07, 6.45) is 2.41. The predicted octanol–water partition coefficient (Wildman–Crippen LogP) is 3.61. The van der Waals surface area contributed by atoms with E-state index in [9.17, 15) is 0 Å². The Kier molecular flexibility index (Phi) is 5.02. The van der Waals surface area contributed by atoms with Gasteiger partial charge < -0.3 is 10.1 Å². The Morgan fingerprint density at radius 1 is 1.27 bits per heavy atom. The summed E-state index contributed by atoms with van der Waals surface area (Å²) in [5.74, 6) is 0.958. The second-order valence-corrected chi connectivity index (χ2v) is 3.71. The van der Waals surface area contributed by atoms with Gasteiger partial charge in [-0.1, -0.05) is 19.4 Å². The third-order valence-electron chi connectivity index (χ3n) is 2.28. The molecule has 84 valence electrons. The highest BCUT2D eigenvalue weighted by atomic mass is 16.5. The van der Waals surface area contributed by atoms with E-state index < -0.39 is 0 Å². The highest BCUT2D eigenvalue weighted by Gasteiger charge is 2.02. The summed E-state index contributed by atoms with van der Waals surface area (Å²) in [6, 6.07) is 6.25. The van der Waals surface area contributed by atoms with E-state index in [0.29, 0.717) is 6.61 Å². The van der Waals surface area contributed by atoms with Crippen LogP contribution in [0.4, 0.5) is 5.69 Å². The summed E-state index contributed by atoms with van der Waals surface area (Å²) in [5, 5.41) is 3.41. The highest BCUT2D eigenvalue weighted by Crippen LogP contribution is 2.25. The summed E-state index contributed by atoms with van der Waals surface area (Å²) >= 11 is 0. The minimum absolute atomic E-state index is 0.714. The van der Waals surface area contributed by atoms with Gasteiger partial charge in [0.05, 0.1) is 12.3 Å². The van der Waals surface area contributed by atoms with Gasteiger partial charge in [0, 0.05) is 6.54 Å². The molecule has 2 nitrogen and oxygen atoms in total. The molecule has 0 radical (unpaired) electrons. The molecule has 0 aliphatic heterocycles.